The zero-order valence-electron chi connectivity index (χ0n) is 13.2. The van der Waals surface area contributed by atoms with Crippen LogP contribution in [-0.2, 0) is 0 Å². The van der Waals surface area contributed by atoms with E-state index in [1.54, 1.807) is 6.33 Å². The number of hydrogen-bond acceptors (Lipinski definition) is 5. The third kappa shape index (κ3) is 3.44. The Morgan fingerprint density at radius 1 is 1.04 bits per heavy atom. The third-order valence-electron chi connectivity index (χ3n) is 4.75. The SMILES string of the molecule is c1ccc(C2CC(Nc3cc(N4CCSCC4)ncn3)C2)cc1. The van der Waals surface area contributed by atoms with Gasteiger partial charge in [0.05, 0.1) is 0 Å². The van der Waals surface area contributed by atoms with E-state index in [-0.39, 0.29) is 0 Å². The number of aromatic nitrogens is 2. The number of hydrogen-bond donors (Lipinski definition) is 1. The van der Waals surface area contributed by atoms with Gasteiger partial charge in [0, 0.05) is 36.7 Å². The van der Waals surface area contributed by atoms with Crippen molar-refractivity contribution in [2.45, 2.75) is 24.8 Å². The van der Waals surface area contributed by atoms with Crippen molar-refractivity contribution in [2.75, 3.05) is 34.8 Å². The molecule has 2 aromatic rings. The molecular formula is C18H22N4S. The summed E-state index contributed by atoms with van der Waals surface area (Å²) in [7, 11) is 0. The highest BCUT2D eigenvalue weighted by Gasteiger charge is 2.30. The largest absolute Gasteiger partial charge is 0.367 e. The van der Waals surface area contributed by atoms with Crippen LogP contribution in [0.2, 0.25) is 0 Å². The van der Waals surface area contributed by atoms with Crippen molar-refractivity contribution in [3.63, 3.8) is 0 Å². The van der Waals surface area contributed by atoms with Crippen LogP contribution >= 0.6 is 11.8 Å². The summed E-state index contributed by atoms with van der Waals surface area (Å²) in [4.78, 5) is 11.2. The van der Waals surface area contributed by atoms with Crippen LogP contribution in [-0.4, -0.2) is 40.6 Å². The highest BCUT2D eigenvalue weighted by atomic mass is 32.2. The van der Waals surface area contributed by atoms with E-state index in [1.165, 1.54) is 29.9 Å². The summed E-state index contributed by atoms with van der Waals surface area (Å²) < 4.78 is 0. The summed E-state index contributed by atoms with van der Waals surface area (Å²) in [6.07, 6.45) is 4.06. The van der Waals surface area contributed by atoms with Crippen LogP contribution in [0.3, 0.4) is 0 Å². The fraction of sp³-hybridized carbons (Fsp3) is 0.444. The first-order chi connectivity index (χ1) is 11.4. The van der Waals surface area contributed by atoms with Crippen LogP contribution in [0, 0.1) is 0 Å². The zero-order valence-corrected chi connectivity index (χ0v) is 14.0. The lowest BCUT2D eigenvalue weighted by molar-refractivity contribution is 0.373. The van der Waals surface area contributed by atoms with E-state index >= 15 is 0 Å². The van der Waals surface area contributed by atoms with Gasteiger partial charge in [-0.15, -0.1) is 0 Å². The normalized spacial score (nSPS) is 24.1. The predicted molar refractivity (Wildman–Crippen MR) is 97.4 cm³/mol. The molecule has 2 heterocycles. The minimum atomic E-state index is 0.528. The number of nitrogens with zero attached hydrogens (tertiary/aromatic N) is 3. The van der Waals surface area contributed by atoms with Gasteiger partial charge in [0.2, 0.25) is 0 Å². The smallest absolute Gasteiger partial charge is 0.134 e. The van der Waals surface area contributed by atoms with Gasteiger partial charge in [0.1, 0.15) is 18.0 Å². The molecule has 0 radical (unpaired) electrons. The molecular weight excluding hydrogens is 304 g/mol. The van der Waals surface area contributed by atoms with Gasteiger partial charge < -0.3 is 10.2 Å². The molecule has 1 saturated heterocycles. The molecule has 0 atom stereocenters. The molecule has 2 aliphatic rings. The molecule has 0 amide bonds. The second kappa shape index (κ2) is 6.79. The van der Waals surface area contributed by atoms with Crippen molar-refractivity contribution in [3.05, 3.63) is 48.3 Å². The number of benzene rings is 1. The van der Waals surface area contributed by atoms with Gasteiger partial charge in [-0.2, -0.15) is 11.8 Å². The Morgan fingerprint density at radius 2 is 1.83 bits per heavy atom. The van der Waals surface area contributed by atoms with Crippen LogP contribution in [0.25, 0.3) is 0 Å². The Morgan fingerprint density at radius 3 is 2.61 bits per heavy atom. The van der Waals surface area contributed by atoms with Crippen LogP contribution in [0.15, 0.2) is 42.7 Å². The fourth-order valence-electron chi connectivity index (χ4n) is 3.33. The topological polar surface area (TPSA) is 41.0 Å². The van der Waals surface area contributed by atoms with E-state index < -0.39 is 0 Å². The van der Waals surface area contributed by atoms with E-state index in [4.69, 9.17) is 0 Å². The van der Waals surface area contributed by atoms with Crippen LogP contribution < -0.4 is 10.2 Å². The minimum Gasteiger partial charge on any atom is -0.367 e. The van der Waals surface area contributed by atoms with Gasteiger partial charge in [-0.25, -0.2) is 9.97 Å². The molecule has 0 spiro atoms. The second-order valence-electron chi connectivity index (χ2n) is 6.28. The van der Waals surface area contributed by atoms with Gasteiger partial charge in [0.15, 0.2) is 0 Å². The molecule has 1 aliphatic carbocycles. The maximum Gasteiger partial charge on any atom is 0.134 e. The fourth-order valence-corrected chi connectivity index (χ4v) is 4.24. The first kappa shape index (κ1) is 14.8. The van der Waals surface area contributed by atoms with Crippen LogP contribution in [0.4, 0.5) is 11.6 Å². The molecule has 1 aromatic carbocycles. The standard InChI is InChI=1S/C18H22N4S/c1-2-4-14(5-3-1)15-10-16(11-15)21-17-12-18(20-13-19-17)22-6-8-23-9-7-22/h1-5,12-13,15-16H,6-11H2,(H,19,20,21). The average molecular weight is 326 g/mol. The summed E-state index contributed by atoms with van der Waals surface area (Å²) in [6.45, 7) is 2.17. The molecule has 1 N–H and O–H groups in total. The molecule has 0 unspecified atom stereocenters. The van der Waals surface area contributed by atoms with Crippen molar-refractivity contribution in [1.29, 1.82) is 0 Å². The lowest BCUT2D eigenvalue weighted by Gasteiger charge is -2.36. The summed E-state index contributed by atoms with van der Waals surface area (Å²) in [5.41, 5.74) is 1.46. The molecule has 4 rings (SSSR count). The second-order valence-corrected chi connectivity index (χ2v) is 7.51. The number of rotatable bonds is 4. The van der Waals surface area contributed by atoms with Crippen molar-refractivity contribution < 1.29 is 0 Å². The first-order valence-electron chi connectivity index (χ1n) is 8.35. The maximum atomic E-state index is 4.44. The Balaban J connectivity index is 1.35. The van der Waals surface area contributed by atoms with Crippen molar-refractivity contribution >= 4 is 23.4 Å². The van der Waals surface area contributed by atoms with Crippen LogP contribution in [0.1, 0.15) is 24.3 Å². The number of thioether (sulfide) groups is 1. The summed E-state index contributed by atoms with van der Waals surface area (Å²) in [5, 5.41) is 3.57. The summed E-state index contributed by atoms with van der Waals surface area (Å²) in [6, 6.07) is 13.4. The Bertz CT molecular complexity index is 636. The quantitative estimate of drug-likeness (QED) is 0.933. The molecule has 1 saturated carbocycles. The average Bonchev–Trinajstić information content (AvgIpc) is 2.59. The molecule has 0 bridgehead atoms. The molecule has 23 heavy (non-hydrogen) atoms. The van der Waals surface area contributed by atoms with Gasteiger partial charge >= 0.3 is 0 Å². The van der Waals surface area contributed by atoms with Gasteiger partial charge in [0.25, 0.3) is 0 Å². The predicted octanol–water partition coefficient (Wildman–Crippen LogP) is 3.39. The number of nitrogens with one attached hydrogen (secondary N) is 1. The third-order valence-corrected chi connectivity index (χ3v) is 5.69. The summed E-state index contributed by atoms with van der Waals surface area (Å²) >= 11 is 2.02. The lowest BCUT2D eigenvalue weighted by atomic mass is 9.76. The molecule has 120 valence electrons. The van der Waals surface area contributed by atoms with E-state index in [1.807, 2.05) is 11.8 Å². The van der Waals surface area contributed by atoms with E-state index in [9.17, 15) is 0 Å². The van der Waals surface area contributed by atoms with Gasteiger partial charge in [-0.1, -0.05) is 30.3 Å². The molecule has 2 fully saturated rings. The van der Waals surface area contributed by atoms with E-state index in [2.05, 4.69) is 56.6 Å². The maximum absolute atomic E-state index is 4.44. The van der Waals surface area contributed by atoms with Crippen LogP contribution in [0.5, 0.6) is 0 Å². The van der Waals surface area contributed by atoms with Gasteiger partial charge in [-0.05, 0) is 24.3 Å². The Hall–Kier alpha value is -1.75. The molecule has 5 heteroatoms. The van der Waals surface area contributed by atoms with Crippen molar-refractivity contribution in [1.82, 2.24) is 9.97 Å². The van der Waals surface area contributed by atoms with E-state index in [0.29, 0.717) is 12.0 Å². The monoisotopic (exact) mass is 326 g/mol. The van der Waals surface area contributed by atoms with Gasteiger partial charge in [-0.3, -0.25) is 0 Å². The van der Waals surface area contributed by atoms with Crippen molar-refractivity contribution in [3.8, 4) is 0 Å². The number of anilines is 2. The first-order valence-corrected chi connectivity index (χ1v) is 9.50. The molecule has 1 aliphatic heterocycles. The molecule has 4 nitrogen and oxygen atoms in total. The Labute approximate surface area is 141 Å². The summed E-state index contributed by atoms with van der Waals surface area (Å²) in [5.74, 6) is 5.09. The lowest BCUT2D eigenvalue weighted by Crippen LogP contribution is -2.35. The highest BCUT2D eigenvalue weighted by molar-refractivity contribution is 7.99. The van der Waals surface area contributed by atoms with E-state index in [0.717, 1.165) is 24.7 Å². The Kier molecular flexibility index (Phi) is 4.37. The zero-order chi connectivity index (χ0) is 15.5. The highest BCUT2D eigenvalue weighted by Crippen LogP contribution is 2.38. The minimum absolute atomic E-state index is 0.528. The van der Waals surface area contributed by atoms with Crippen molar-refractivity contribution in [2.24, 2.45) is 0 Å². The molecule has 1 aromatic heterocycles.